The van der Waals surface area contributed by atoms with E-state index in [0.717, 1.165) is 6.42 Å². The molecule has 2 amide bonds. The Bertz CT molecular complexity index is 517. The fourth-order valence-corrected chi connectivity index (χ4v) is 4.05. The third-order valence-corrected chi connectivity index (χ3v) is 5.60. The van der Waals surface area contributed by atoms with E-state index in [1.807, 2.05) is 6.92 Å². The molecule has 12 heteroatoms. The van der Waals surface area contributed by atoms with Crippen molar-refractivity contribution in [1.82, 2.24) is 26.6 Å². The van der Waals surface area contributed by atoms with Gasteiger partial charge in [0.15, 0.2) is 0 Å². The van der Waals surface area contributed by atoms with E-state index in [2.05, 4.69) is 26.6 Å². The first-order valence-corrected chi connectivity index (χ1v) is 10.3. The lowest BCUT2D eigenvalue weighted by Crippen LogP contribution is -2.68. The molecular weight excluding hydrogens is 415 g/mol. The molecule has 6 N–H and O–H groups in total. The molecule has 0 spiro atoms. The number of carbonyl (C=O) groups excluding carboxylic acids is 1. The van der Waals surface area contributed by atoms with Gasteiger partial charge in [-0.05, 0) is 32.6 Å². The highest BCUT2D eigenvalue weighted by Gasteiger charge is 2.47. The van der Waals surface area contributed by atoms with Crippen LogP contribution in [0.15, 0.2) is 0 Å². The number of rotatable bonds is 8. The first-order valence-electron chi connectivity index (χ1n) is 9.91. The molecule has 1 saturated heterocycles. The summed E-state index contributed by atoms with van der Waals surface area (Å²) in [6.07, 6.45) is -3.80. The molecule has 170 valence electrons. The minimum Gasteiger partial charge on any atom is -0.394 e. The minimum atomic E-state index is -4.37. The fraction of sp³-hybridized carbons (Fsp3) is 0.941. The van der Waals surface area contributed by atoms with Crippen LogP contribution >= 0.6 is 11.6 Å². The van der Waals surface area contributed by atoms with Gasteiger partial charge in [-0.25, -0.2) is 4.79 Å². The second kappa shape index (κ2) is 11.5. The Balaban J connectivity index is 1.76. The van der Waals surface area contributed by atoms with Crippen LogP contribution in [0.3, 0.4) is 0 Å². The predicted octanol–water partition coefficient (Wildman–Crippen LogP) is 0.804. The molecule has 2 rings (SSSR count). The van der Waals surface area contributed by atoms with Crippen LogP contribution in [0.5, 0.6) is 0 Å². The third-order valence-electron chi connectivity index (χ3n) is 5.08. The van der Waals surface area contributed by atoms with Gasteiger partial charge in [-0.2, -0.15) is 13.2 Å². The largest absolute Gasteiger partial charge is 0.394 e. The third kappa shape index (κ3) is 8.42. The normalized spacial score (nSPS) is 33.3. The quantitative estimate of drug-likeness (QED) is 0.244. The van der Waals surface area contributed by atoms with E-state index < -0.39 is 35.8 Å². The van der Waals surface area contributed by atoms with Crippen molar-refractivity contribution in [2.75, 3.05) is 26.4 Å². The summed E-state index contributed by atoms with van der Waals surface area (Å²) in [5.41, 5.74) is 0. The first-order chi connectivity index (χ1) is 13.7. The van der Waals surface area contributed by atoms with E-state index >= 15 is 0 Å². The van der Waals surface area contributed by atoms with Crippen molar-refractivity contribution in [3.8, 4) is 0 Å². The molecule has 29 heavy (non-hydrogen) atoms. The van der Waals surface area contributed by atoms with Crippen molar-refractivity contribution in [3.63, 3.8) is 0 Å². The summed E-state index contributed by atoms with van der Waals surface area (Å²) in [7, 11) is 0. The second-order valence-electron chi connectivity index (χ2n) is 7.54. The van der Waals surface area contributed by atoms with Gasteiger partial charge >= 0.3 is 12.2 Å². The minimum absolute atomic E-state index is 0.0278. The molecule has 1 heterocycles. The van der Waals surface area contributed by atoms with E-state index in [0.29, 0.717) is 19.6 Å². The Morgan fingerprint density at radius 2 is 1.97 bits per heavy atom. The van der Waals surface area contributed by atoms with Crippen LogP contribution in [-0.2, 0) is 4.74 Å². The Morgan fingerprint density at radius 3 is 2.66 bits per heavy atom. The van der Waals surface area contributed by atoms with Gasteiger partial charge in [-0.3, -0.25) is 16.0 Å². The predicted molar refractivity (Wildman–Crippen MR) is 102 cm³/mol. The van der Waals surface area contributed by atoms with Crippen LogP contribution in [-0.4, -0.2) is 73.6 Å². The van der Waals surface area contributed by atoms with Crippen molar-refractivity contribution in [2.24, 2.45) is 5.92 Å². The highest BCUT2D eigenvalue weighted by Crippen LogP contribution is 2.40. The number of alkyl halides is 4. The van der Waals surface area contributed by atoms with Crippen LogP contribution in [0.2, 0.25) is 0 Å². The lowest BCUT2D eigenvalue weighted by atomic mass is 9.85. The second-order valence-corrected chi connectivity index (χ2v) is 8.10. The molecular formula is C17H31ClF3N5O3. The standard InChI is InChI=1S/C17H31ClF3N5O3/c1-10-8-14(22-4-6-29-7-5-27)25-15(23-10)26-16(28)24-11-2-3-13(18)12(9-11)17(19,20)21/h10-15,22-23,25,27H,2-9H2,1H3,(H2,24,26,28). The molecule has 1 aliphatic heterocycles. The number of aliphatic hydroxyl groups excluding tert-OH is 1. The summed E-state index contributed by atoms with van der Waals surface area (Å²) in [4.78, 5) is 12.3. The topological polar surface area (TPSA) is 107 Å². The molecule has 0 bridgehead atoms. The number of carbonyl (C=O) groups is 1. The van der Waals surface area contributed by atoms with Crippen LogP contribution in [0.1, 0.15) is 32.6 Å². The van der Waals surface area contributed by atoms with Crippen LogP contribution in [0.4, 0.5) is 18.0 Å². The summed E-state index contributed by atoms with van der Waals surface area (Å²) in [6.45, 7) is 3.25. The monoisotopic (exact) mass is 445 g/mol. The molecule has 0 aromatic heterocycles. The van der Waals surface area contributed by atoms with Crippen LogP contribution in [0.25, 0.3) is 0 Å². The molecule has 1 saturated carbocycles. The van der Waals surface area contributed by atoms with Crippen molar-refractivity contribution in [2.45, 2.75) is 68.7 Å². The summed E-state index contributed by atoms with van der Waals surface area (Å²) < 4.78 is 44.4. The summed E-state index contributed by atoms with van der Waals surface area (Å²) in [6, 6.07) is -0.998. The lowest BCUT2D eigenvalue weighted by Gasteiger charge is -2.38. The first kappa shape index (κ1) is 24.4. The Labute approximate surface area is 173 Å². The van der Waals surface area contributed by atoms with Crippen molar-refractivity contribution < 1.29 is 27.8 Å². The zero-order chi connectivity index (χ0) is 21.4. The van der Waals surface area contributed by atoms with E-state index in [1.54, 1.807) is 0 Å². The molecule has 2 aliphatic rings. The molecule has 8 nitrogen and oxygen atoms in total. The lowest BCUT2D eigenvalue weighted by molar-refractivity contribution is -0.182. The van der Waals surface area contributed by atoms with E-state index in [9.17, 15) is 18.0 Å². The van der Waals surface area contributed by atoms with Gasteiger partial charge in [0.25, 0.3) is 0 Å². The summed E-state index contributed by atoms with van der Waals surface area (Å²) >= 11 is 5.83. The molecule has 6 unspecified atom stereocenters. The van der Waals surface area contributed by atoms with Gasteiger partial charge in [0, 0.05) is 24.0 Å². The Kier molecular flexibility index (Phi) is 9.70. The number of hydrogen-bond donors (Lipinski definition) is 6. The molecule has 0 aromatic rings. The van der Waals surface area contributed by atoms with Crippen LogP contribution < -0.4 is 26.6 Å². The number of hydrogen-bond acceptors (Lipinski definition) is 6. The molecule has 0 aromatic carbocycles. The zero-order valence-electron chi connectivity index (χ0n) is 16.4. The smallest absolute Gasteiger partial charge is 0.393 e. The number of amides is 2. The Hall–Kier alpha value is -0.850. The van der Waals surface area contributed by atoms with Crippen molar-refractivity contribution in [1.29, 1.82) is 0 Å². The maximum absolute atomic E-state index is 13.1. The number of nitrogens with one attached hydrogen (secondary N) is 5. The van der Waals surface area contributed by atoms with Crippen molar-refractivity contribution >= 4 is 17.6 Å². The molecule has 1 aliphatic carbocycles. The number of aliphatic hydroxyl groups is 1. The maximum Gasteiger partial charge on any atom is 0.393 e. The van der Waals surface area contributed by atoms with Gasteiger partial charge in [0.2, 0.25) is 0 Å². The van der Waals surface area contributed by atoms with Crippen molar-refractivity contribution in [3.05, 3.63) is 0 Å². The maximum atomic E-state index is 13.1. The SMILES string of the molecule is CC1CC(NCCOCCO)NC(NC(=O)NC2CCC(Cl)C(C(F)(F)F)C2)N1. The van der Waals surface area contributed by atoms with E-state index in [-0.39, 0.29) is 38.3 Å². The number of halogens is 4. The fourth-order valence-electron chi connectivity index (χ4n) is 3.68. The summed E-state index contributed by atoms with van der Waals surface area (Å²) in [5, 5.41) is 22.7. The number of ether oxygens (including phenoxy) is 1. The average Bonchev–Trinajstić information content (AvgIpc) is 2.61. The van der Waals surface area contributed by atoms with Gasteiger partial charge in [-0.15, -0.1) is 11.6 Å². The van der Waals surface area contributed by atoms with Gasteiger partial charge in [-0.1, -0.05) is 0 Å². The van der Waals surface area contributed by atoms with Gasteiger partial charge in [0.1, 0.15) is 6.29 Å². The molecule has 0 radical (unpaired) electrons. The van der Waals surface area contributed by atoms with Gasteiger partial charge < -0.3 is 20.5 Å². The Morgan fingerprint density at radius 1 is 1.21 bits per heavy atom. The highest BCUT2D eigenvalue weighted by atomic mass is 35.5. The average molecular weight is 446 g/mol. The molecule has 6 atom stereocenters. The highest BCUT2D eigenvalue weighted by molar-refractivity contribution is 6.20. The van der Waals surface area contributed by atoms with E-state index in [1.165, 1.54) is 0 Å². The zero-order valence-corrected chi connectivity index (χ0v) is 17.2. The van der Waals surface area contributed by atoms with Gasteiger partial charge in [0.05, 0.1) is 31.9 Å². The summed E-state index contributed by atoms with van der Waals surface area (Å²) in [5.74, 6) is -1.61. The molecule has 2 fully saturated rings. The van der Waals surface area contributed by atoms with Crippen LogP contribution in [0, 0.1) is 5.92 Å². The van der Waals surface area contributed by atoms with E-state index in [4.69, 9.17) is 21.4 Å². The number of urea groups is 1.